The van der Waals surface area contributed by atoms with E-state index in [1.165, 1.54) is 13.2 Å². The third-order valence-electron chi connectivity index (χ3n) is 2.91. The van der Waals surface area contributed by atoms with Crippen LogP contribution in [0.25, 0.3) is 5.57 Å². The van der Waals surface area contributed by atoms with Crippen molar-refractivity contribution in [2.24, 2.45) is 0 Å². The lowest BCUT2D eigenvalue weighted by molar-refractivity contribution is -0.610. The summed E-state index contributed by atoms with van der Waals surface area (Å²) in [6, 6.07) is 9.77. The minimum Gasteiger partial charge on any atom is -0.315 e. The zero-order valence-corrected chi connectivity index (χ0v) is 9.50. The molecule has 1 aromatic carbocycles. The number of nitro groups is 1. The highest BCUT2D eigenvalue weighted by Gasteiger charge is 2.40. The van der Waals surface area contributed by atoms with Crippen LogP contribution in [0.5, 0.6) is 0 Å². The first-order valence-electron chi connectivity index (χ1n) is 5.32. The third kappa shape index (κ3) is 2.12. The molecular weight excluding hydrogens is 218 g/mol. The normalized spacial score (nSPS) is 23.2. The zero-order valence-electron chi connectivity index (χ0n) is 9.50. The van der Waals surface area contributed by atoms with Crippen LogP contribution >= 0.6 is 0 Å². The molecule has 0 radical (unpaired) electrons. The van der Waals surface area contributed by atoms with Crippen LogP contribution in [0.3, 0.4) is 0 Å². The van der Waals surface area contributed by atoms with Crippen molar-refractivity contribution in [3.8, 4) is 0 Å². The maximum atomic E-state index is 11.0. The van der Waals surface area contributed by atoms with Crippen molar-refractivity contribution >= 4 is 5.57 Å². The Morgan fingerprint density at radius 1 is 1.35 bits per heavy atom. The summed E-state index contributed by atoms with van der Waals surface area (Å²) in [5.74, 6) is 0. The Bertz CT molecular complexity index is 479. The standard InChI is InChI=1S/C13H13NO3/c1-17-13(14(15)16)9-7-12(8-10-13)11-5-3-2-4-6-11/h2-9H,10H2,1H3. The van der Waals surface area contributed by atoms with Crippen molar-refractivity contribution in [1.29, 1.82) is 0 Å². The van der Waals surface area contributed by atoms with Gasteiger partial charge in [0.2, 0.25) is 0 Å². The second kappa shape index (κ2) is 4.51. The van der Waals surface area contributed by atoms with Gasteiger partial charge in [-0.15, -0.1) is 0 Å². The highest BCUT2D eigenvalue weighted by molar-refractivity contribution is 5.75. The number of benzene rings is 1. The van der Waals surface area contributed by atoms with Gasteiger partial charge in [0.1, 0.15) is 0 Å². The molecule has 1 atom stereocenters. The molecule has 0 aromatic heterocycles. The highest BCUT2D eigenvalue weighted by Crippen LogP contribution is 2.29. The number of rotatable bonds is 3. The summed E-state index contributed by atoms with van der Waals surface area (Å²) in [6.45, 7) is 0. The molecule has 2 rings (SSSR count). The fraction of sp³-hybridized carbons (Fsp3) is 0.231. The Morgan fingerprint density at radius 3 is 2.53 bits per heavy atom. The van der Waals surface area contributed by atoms with E-state index in [2.05, 4.69) is 0 Å². The van der Waals surface area contributed by atoms with Gasteiger partial charge >= 0.3 is 5.72 Å². The van der Waals surface area contributed by atoms with E-state index in [1.807, 2.05) is 36.4 Å². The average Bonchev–Trinajstić information content (AvgIpc) is 2.39. The summed E-state index contributed by atoms with van der Waals surface area (Å²) in [4.78, 5) is 10.5. The summed E-state index contributed by atoms with van der Waals surface area (Å²) in [5.41, 5.74) is 0.634. The van der Waals surface area contributed by atoms with Crippen molar-refractivity contribution in [3.63, 3.8) is 0 Å². The lowest BCUT2D eigenvalue weighted by Gasteiger charge is -2.22. The number of nitrogens with zero attached hydrogens (tertiary/aromatic N) is 1. The molecule has 0 saturated heterocycles. The average molecular weight is 231 g/mol. The SMILES string of the molecule is COC1([N+](=O)[O-])C=CC(c2ccccc2)=CC1. The van der Waals surface area contributed by atoms with E-state index in [0.29, 0.717) is 0 Å². The summed E-state index contributed by atoms with van der Waals surface area (Å²) in [5, 5.41) is 11.0. The molecule has 1 aromatic rings. The van der Waals surface area contributed by atoms with Crippen LogP contribution < -0.4 is 0 Å². The van der Waals surface area contributed by atoms with Gasteiger partial charge in [0.05, 0.1) is 11.3 Å². The fourth-order valence-electron chi connectivity index (χ4n) is 1.82. The molecule has 1 aliphatic carbocycles. The minimum absolute atomic E-state index is 0.247. The summed E-state index contributed by atoms with van der Waals surface area (Å²) >= 11 is 0. The van der Waals surface area contributed by atoms with Crippen LogP contribution in [-0.2, 0) is 4.74 Å². The fourth-order valence-corrected chi connectivity index (χ4v) is 1.82. The third-order valence-corrected chi connectivity index (χ3v) is 2.91. The molecule has 4 nitrogen and oxygen atoms in total. The first-order valence-corrected chi connectivity index (χ1v) is 5.32. The largest absolute Gasteiger partial charge is 0.348 e. The minimum atomic E-state index is -1.40. The van der Waals surface area contributed by atoms with Gasteiger partial charge in [-0.1, -0.05) is 36.4 Å². The van der Waals surface area contributed by atoms with Gasteiger partial charge in [0, 0.05) is 13.2 Å². The molecule has 0 N–H and O–H groups in total. The van der Waals surface area contributed by atoms with Gasteiger partial charge in [-0.25, -0.2) is 0 Å². The first kappa shape index (κ1) is 11.5. The topological polar surface area (TPSA) is 52.4 Å². The number of ether oxygens (including phenoxy) is 1. The number of hydrogen-bond donors (Lipinski definition) is 0. The van der Waals surface area contributed by atoms with E-state index in [1.54, 1.807) is 6.08 Å². The second-order valence-corrected chi connectivity index (χ2v) is 3.87. The van der Waals surface area contributed by atoms with Gasteiger partial charge in [-0.05, 0) is 17.2 Å². The van der Waals surface area contributed by atoms with Crippen LogP contribution in [0.2, 0.25) is 0 Å². The molecule has 4 heteroatoms. The van der Waals surface area contributed by atoms with Crippen molar-refractivity contribution in [2.75, 3.05) is 7.11 Å². The van der Waals surface area contributed by atoms with E-state index < -0.39 is 10.6 Å². The van der Waals surface area contributed by atoms with E-state index in [9.17, 15) is 10.1 Å². The van der Waals surface area contributed by atoms with Gasteiger partial charge < -0.3 is 4.74 Å². The molecule has 0 saturated carbocycles. The first-order chi connectivity index (χ1) is 8.18. The molecule has 17 heavy (non-hydrogen) atoms. The second-order valence-electron chi connectivity index (χ2n) is 3.87. The Kier molecular flexibility index (Phi) is 3.06. The van der Waals surface area contributed by atoms with E-state index in [4.69, 9.17) is 4.74 Å². The van der Waals surface area contributed by atoms with Crippen LogP contribution in [0, 0.1) is 10.1 Å². The van der Waals surface area contributed by atoms with Gasteiger partial charge in [-0.2, -0.15) is 0 Å². The van der Waals surface area contributed by atoms with E-state index >= 15 is 0 Å². The quantitative estimate of drug-likeness (QED) is 0.456. The van der Waals surface area contributed by atoms with Crippen molar-refractivity contribution < 1.29 is 9.66 Å². The number of methoxy groups -OCH3 is 1. The van der Waals surface area contributed by atoms with Crippen LogP contribution in [0.4, 0.5) is 0 Å². The Hall–Kier alpha value is -1.94. The molecule has 0 fully saturated rings. The van der Waals surface area contributed by atoms with Crippen molar-refractivity contribution in [2.45, 2.75) is 12.1 Å². The van der Waals surface area contributed by atoms with Crippen molar-refractivity contribution in [3.05, 3.63) is 64.2 Å². The molecule has 1 unspecified atom stereocenters. The Labute approximate surface area is 99.4 Å². The Morgan fingerprint density at radius 2 is 2.06 bits per heavy atom. The summed E-state index contributed by atoms with van der Waals surface area (Å²) in [7, 11) is 1.36. The van der Waals surface area contributed by atoms with Gasteiger partial charge in [0.25, 0.3) is 0 Å². The van der Waals surface area contributed by atoms with E-state index in [-0.39, 0.29) is 6.42 Å². The van der Waals surface area contributed by atoms with Crippen LogP contribution in [0.1, 0.15) is 12.0 Å². The van der Waals surface area contributed by atoms with Crippen LogP contribution in [-0.4, -0.2) is 17.8 Å². The monoisotopic (exact) mass is 231 g/mol. The summed E-state index contributed by atoms with van der Waals surface area (Å²) in [6.07, 6.45) is 5.33. The smallest absolute Gasteiger partial charge is 0.315 e. The highest BCUT2D eigenvalue weighted by atomic mass is 16.7. The molecule has 0 spiro atoms. The number of allylic oxidation sites excluding steroid dienone is 2. The van der Waals surface area contributed by atoms with E-state index in [0.717, 1.165) is 11.1 Å². The molecule has 0 bridgehead atoms. The van der Waals surface area contributed by atoms with Gasteiger partial charge in [-0.3, -0.25) is 10.1 Å². The molecule has 0 aliphatic heterocycles. The number of hydrogen-bond acceptors (Lipinski definition) is 3. The molecule has 0 amide bonds. The lowest BCUT2D eigenvalue weighted by atomic mass is 9.95. The van der Waals surface area contributed by atoms with Gasteiger partial charge in [0.15, 0.2) is 0 Å². The predicted octanol–water partition coefficient (Wildman–Crippen LogP) is 2.65. The maximum absolute atomic E-state index is 11.0. The molecule has 1 aliphatic rings. The Balaban J connectivity index is 2.25. The van der Waals surface area contributed by atoms with Crippen LogP contribution in [0.15, 0.2) is 48.6 Å². The predicted molar refractivity (Wildman–Crippen MR) is 64.9 cm³/mol. The lowest BCUT2D eigenvalue weighted by Crippen LogP contribution is -2.38. The molecule has 0 heterocycles. The molecular formula is C13H13NO3. The van der Waals surface area contributed by atoms with Crippen molar-refractivity contribution in [1.82, 2.24) is 0 Å². The zero-order chi connectivity index (χ0) is 12.3. The summed E-state index contributed by atoms with van der Waals surface area (Å²) < 4.78 is 4.99. The maximum Gasteiger partial charge on any atom is 0.348 e. The molecule has 88 valence electrons.